The van der Waals surface area contributed by atoms with Crippen molar-refractivity contribution in [2.45, 2.75) is 13.1 Å². The summed E-state index contributed by atoms with van der Waals surface area (Å²) < 4.78 is 0. The minimum atomic E-state index is 0.919. The number of rotatable bonds is 4. The second kappa shape index (κ2) is 5.48. The molecule has 1 aromatic heterocycles. The number of hydrogen-bond donors (Lipinski definition) is 2. The summed E-state index contributed by atoms with van der Waals surface area (Å²) >= 11 is 0. The van der Waals surface area contributed by atoms with Crippen LogP contribution in [0, 0.1) is 0 Å². The van der Waals surface area contributed by atoms with E-state index in [0.29, 0.717) is 0 Å². The minimum Gasteiger partial charge on any atom is -0.364 e. The Bertz CT molecular complexity index is 313. The van der Waals surface area contributed by atoms with Crippen molar-refractivity contribution < 1.29 is 0 Å². The standard InChI is InChI=1S/C12H22N4/c1-13-9-12-7-11(8-14-12)10-16-5-3-15(2)4-6-16/h7-8,13-14H,3-6,9-10H2,1-2H3. The summed E-state index contributed by atoms with van der Waals surface area (Å²) in [7, 11) is 4.17. The van der Waals surface area contributed by atoms with Gasteiger partial charge < -0.3 is 15.2 Å². The Morgan fingerprint density at radius 2 is 2.06 bits per heavy atom. The van der Waals surface area contributed by atoms with Crippen LogP contribution < -0.4 is 5.32 Å². The predicted octanol–water partition coefficient (Wildman–Crippen LogP) is 0.482. The van der Waals surface area contributed by atoms with Crippen LogP contribution in [-0.2, 0) is 13.1 Å². The van der Waals surface area contributed by atoms with Crippen LogP contribution in [0.2, 0.25) is 0 Å². The normalized spacial score (nSPS) is 19.1. The SMILES string of the molecule is CNCc1cc(CN2CCN(C)CC2)c[nH]1. The molecule has 1 aliphatic heterocycles. The predicted molar refractivity (Wildman–Crippen MR) is 66.3 cm³/mol. The molecule has 1 aromatic rings. The molecule has 0 bridgehead atoms. The first-order valence-corrected chi connectivity index (χ1v) is 5.99. The minimum absolute atomic E-state index is 0.919. The van der Waals surface area contributed by atoms with Crippen LogP contribution in [0.5, 0.6) is 0 Å². The van der Waals surface area contributed by atoms with Gasteiger partial charge in [-0.1, -0.05) is 0 Å². The summed E-state index contributed by atoms with van der Waals surface area (Å²) in [4.78, 5) is 8.21. The van der Waals surface area contributed by atoms with Gasteiger partial charge in [-0.05, 0) is 25.7 Å². The quantitative estimate of drug-likeness (QED) is 0.778. The monoisotopic (exact) mass is 222 g/mol. The molecule has 1 fully saturated rings. The summed E-state index contributed by atoms with van der Waals surface area (Å²) in [5.74, 6) is 0. The van der Waals surface area contributed by atoms with E-state index < -0.39 is 0 Å². The first kappa shape index (κ1) is 11.6. The topological polar surface area (TPSA) is 34.3 Å². The van der Waals surface area contributed by atoms with Gasteiger partial charge in [-0.2, -0.15) is 0 Å². The largest absolute Gasteiger partial charge is 0.364 e. The lowest BCUT2D eigenvalue weighted by Crippen LogP contribution is -2.43. The zero-order valence-corrected chi connectivity index (χ0v) is 10.3. The Labute approximate surface area is 97.6 Å². The molecule has 90 valence electrons. The van der Waals surface area contributed by atoms with Crippen LogP contribution in [0.15, 0.2) is 12.3 Å². The number of aromatic amines is 1. The molecule has 16 heavy (non-hydrogen) atoms. The molecule has 0 radical (unpaired) electrons. The van der Waals surface area contributed by atoms with Gasteiger partial charge in [-0.3, -0.25) is 4.90 Å². The molecular weight excluding hydrogens is 200 g/mol. The van der Waals surface area contributed by atoms with E-state index in [1.54, 1.807) is 0 Å². The average molecular weight is 222 g/mol. The first-order valence-electron chi connectivity index (χ1n) is 5.99. The van der Waals surface area contributed by atoms with Gasteiger partial charge in [0.1, 0.15) is 0 Å². The van der Waals surface area contributed by atoms with Crippen molar-refractivity contribution in [3.63, 3.8) is 0 Å². The van der Waals surface area contributed by atoms with Crippen molar-refractivity contribution in [3.05, 3.63) is 23.5 Å². The van der Waals surface area contributed by atoms with Crippen molar-refractivity contribution in [2.75, 3.05) is 40.3 Å². The highest BCUT2D eigenvalue weighted by molar-refractivity contribution is 5.16. The second-order valence-corrected chi connectivity index (χ2v) is 4.64. The van der Waals surface area contributed by atoms with Crippen LogP contribution in [0.4, 0.5) is 0 Å². The molecule has 0 spiro atoms. The van der Waals surface area contributed by atoms with Crippen LogP contribution in [0.3, 0.4) is 0 Å². The molecule has 0 aromatic carbocycles. The molecule has 0 amide bonds. The van der Waals surface area contributed by atoms with Gasteiger partial charge in [0.2, 0.25) is 0 Å². The Hall–Kier alpha value is -0.840. The van der Waals surface area contributed by atoms with Gasteiger partial charge in [-0.25, -0.2) is 0 Å². The highest BCUT2D eigenvalue weighted by atomic mass is 15.2. The Balaban J connectivity index is 1.83. The van der Waals surface area contributed by atoms with E-state index in [1.165, 1.54) is 37.4 Å². The molecule has 2 rings (SSSR count). The van der Waals surface area contributed by atoms with E-state index in [-0.39, 0.29) is 0 Å². The zero-order chi connectivity index (χ0) is 11.4. The summed E-state index contributed by atoms with van der Waals surface area (Å²) in [6, 6.07) is 2.26. The van der Waals surface area contributed by atoms with Crippen LogP contribution in [0.25, 0.3) is 0 Å². The van der Waals surface area contributed by atoms with E-state index in [1.807, 2.05) is 7.05 Å². The first-order chi connectivity index (χ1) is 7.78. The van der Waals surface area contributed by atoms with Crippen LogP contribution in [0.1, 0.15) is 11.3 Å². The number of hydrogen-bond acceptors (Lipinski definition) is 3. The molecule has 0 aliphatic carbocycles. The van der Waals surface area contributed by atoms with Crippen molar-refractivity contribution in [3.8, 4) is 0 Å². The second-order valence-electron chi connectivity index (χ2n) is 4.64. The fraction of sp³-hybridized carbons (Fsp3) is 0.667. The summed E-state index contributed by atoms with van der Waals surface area (Å²) in [5.41, 5.74) is 2.67. The third-order valence-corrected chi connectivity index (χ3v) is 3.17. The van der Waals surface area contributed by atoms with E-state index in [4.69, 9.17) is 0 Å². The van der Waals surface area contributed by atoms with E-state index in [2.05, 4.69) is 39.4 Å². The van der Waals surface area contributed by atoms with E-state index in [9.17, 15) is 0 Å². The third kappa shape index (κ3) is 3.07. The molecule has 4 nitrogen and oxygen atoms in total. The van der Waals surface area contributed by atoms with Gasteiger partial charge in [0.05, 0.1) is 0 Å². The summed E-state index contributed by atoms with van der Waals surface area (Å²) in [6.07, 6.45) is 2.13. The Morgan fingerprint density at radius 1 is 1.31 bits per heavy atom. The van der Waals surface area contributed by atoms with Gasteiger partial charge in [-0.15, -0.1) is 0 Å². The highest BCUT2D eigenvalue weighted by Gasteiger charge is 2.14. The van der Waals surface area contributed by atoms with Crippen LogP contribution in [-0.4, -0.2) is 55.1 Å². The van der Waals surface area contributed by atoms with Gasteiger partial charge >= 0.3 is 0 Å². The zero-order valence-electron chi connectivity index (χ0n) is 10.3. The van der Waals surface area contributed by atoms with E-state index in [0.717, 1.165) is 13.1 Å². The van der Waals surface area contributed by atoms with Crippen molar-refractivity contribution >= 4 is 0 Å². The van der Waals surface area contributed by atoms with Crippen molar-refractivity contribution in [1.29, 1.82) is 0 Å². The molecule has 2 N–H and O–H groups in total. The van der Waals surface area contributed by atoms with Crippen molar-refractivity contribution in [2.24, 2.45) is 0 Å². The summed E-state index contributed by atoms with van der Waals surface area (Å²) in [6.45, 7) is 6.74. The average Bonchev–Trinajstić information content (AvgIpc) is 2.70. The number of nitrogens with one attached hydrogen (secondary N) is 2. The smallest absolute Gasteiger partial charge is 0.0354 e. The molecule has 0 saturated carbocycles. The van der Waals surface area contributed by atoms with Gasteiger partial charge in [0.15, 0.2) is 0 Å². The fourth-order valence-electron chi connectivity index (χ4n) is 2.14. The number of H-pyrrole nitrogens is 1. The number of piperazine rings is 1. The number of likely N-dealkylation sites (N-methyl/N-ethyl adjacent to an activating group) is 1. The molecule has 2 heterocycles. The summed E-state index contributed by atoms with van der Waals surface area (Å²) in [5, 5.41) is 3.16. The molecular formula is C12H22N4. The Morgan fingerprint density at radius 3 is 2.75 bits per heavy atom. The fourth-order valence-corrected chi connectivity index (χ4v) is 2.14. The molecule has 0 unspecified atom stereocenters. The van der Waals surface area contributed by atoms with Gasteiger partial charge in [0.25, 0.3) is 0 Å². The number of aromatic nitrogens is 1. The molecule has 1 aliphatic rings. The lowest BCUT2D eigenvalue weighted by atomic mass is 10.2. The molecule has 4 heteroatoms. The van der Waals surface area contributed by atoms with E-state index >= 15 is 0 Å². The molecule has 1 saturated heterocycles. The van der Waals surface area contributed by atoms with Crippen LogP contribution >= 0.6 is 0 Å². The maximum Gasteiger partial charge on any atom is 0.0354 e. The molecule has 0 atom stereocenters. The Kier molecular flexibility index (Phi) is 3.98. The number of nitrogens with zero attached hydrogens (tertiary/aromatic N) is 2. The highest BCUT2D eigenvalue weighted by Crippen LogP contribution is 2.09. The van der Waals surface area contributed by atoms with Gasteiger partial charge in [0, 0.05) is 51.2 Å². The lowest BCUT2D eigenvalue weighted by Gasteiger charge is -2.32. The third-order valence-electron chi connectivity index (χ3n) is 3.17. The maximum absolute atomic E-state index is 3.31. The van der Waals surface area contributed by atoms with Crippen molar-refractivity contribution in [1.82, 2.24) is 20.1 Å². The lowest BCUT2D eigenvalue weighted by molar-refractivity contribution is 0.148. The maximum atomic E-state index is 3.31.